The molecular weight excluding hydrogens is 220 g/mol. The number of nitrogens with one attached hydrogen (secondary N) is 1. The fraction of sp³-hybridized carbons (Fsp3) is 1.00. The highest BCUT2D eigenvalue weighted by molar-refractivity contribution is 5.17. The van der Waals surface area contributed by atoms with Gasteiger partial charge < -0.3 is 11.1 Å². The molecule has 1 atom stereocenters. The molecule has 0 bridgehead atoms. The first-order valence-electron chi connectivity index (χ1n) is 7.68. The van der Waals surface area contributed by atoms with Gasteiger partial charge in [0.05, 0.1) is 0 Å². The second kappa shape index (κ2) is 5.92. The Hall–Kier alpha value is -0.0800. The Morgan fingerprint density at radius 3 is 2.00 bits per heavy atom. The molecule has 0 aliphatic heterocycles. The van der Waals surface area contributed by atoms with E-state index in [1.165, 1.54) is 19.3 Å². The minimum Gasteiger partial charge on any atom is -0.330 e. The second-order valence-corrected chi connectivity index (χ2v) is 7.55. The van der Waals surface area contributed by atoms with Gasteiger partial charge in [0.1, 0.15) is 0 Å². The average Bonchev–Trinajstić information content (AvgIpc) is 2.63. The van der Waals surface area contributed by atoms with E-state index in [1.807, 2.05) is 0 Å². The Kier molecular flexibility index (Phi) is 5.25. The van der Waals surface area contributed by atoms with Gasteiger partial charge in [-0.3, -0.25) is 0 Å². The van der Waals surface area contributed by atoms with Crippen molar-refractivity contribution in [3.05, 3.63) is 0 Å². The van der Waals surface area contributed by atoms with Gasteiger partial charge in [-0.1, -0.05) is 41.5 Å². The zero-order valence-corrected chi connectivity index (χ0v) is 13.3. The highest BCUT2D eigenvalue weighted by Gasteiger charge is 2.64. The number of hydrogen-bond acceptors (Lipinski definition) is 2. The Labute approximate surface area is 114 Å². The summed E-state index contributed by atoms with van der Waals surface area (Å²) >= 11 is 0. The molecule has 1 aliphatic rings. The van der Waals surface area contributed by atoms with E-state index in [-0.39, 0.29) is 0 Å². The molecule has 0 radical (unpaired) electrons. The van der Waals surface area contributed by atoms with Gasteiger partial charge in [-0.05, 0) is 55.0 Å². The van der Waals surface area contributed by atoms with Crippen LogP contribution in [0.25, 0.3) is 0 Å². The molecule has 0 aromatic carbocycles. The van der Waals surface area contributed by atoms with Crippen molar-refractivity contribution >= 4 is 0 Å². The Morgan fingerprint density at radius 1 is 1.06 bits per heavy atom. The summed E-state index contributed by atoms with van der Waals surface area (Å²) in [6.45, 7) is 16.1. The minimum atomic E-state index is 0.460. The zero-order valence-electron chi connectivity index (χ0n) is 13.3. The SMILES string of the molecule is CC(C)C(CCN)CCCNC1C(C)(C)C1(C)C. The Morgan fingerprint density at radius 2 is 1.61 bits per heavy atom. The van der Waals surface area contributed by atoms with Crippen molar-refractivity contribution in [1.29, 1.82) is 0 Å². The molecule has 1 saturated carbocycles. The zero-order chi connectivity index (χ0) is 14.0. The molecule has 2 heteroatoms. The van der Waals surface area contributed by atoms with E-state index < -0.39 is 0 Å². The van der Waals surface area contributed by atoms with Gasteiger partial charge in [0.25, 0.3) is 0 Å². The lowest BCUT2D eigenvalue weighted by atomic mass is 9.88. The molecule has 0 amide bonds. The van der Waals surface area contributed by atoms with Crippen molar-refractivity contribution in [2.45, 2.75) is 66.8 Å². The summed E-state index contributed by atoms with van der Waals surface area (Å²) < 4.78 is 0. The van der Waals surface area contributed by atoms with E-state index in [0.29, 0.717) is 16.9 Å². The summed E-state index contributed by atoms with van der Waals surface area (Å²) in [5.41, 5.74) is 6.61. The maximum Gasteiger partial charge on any atom is 0.0181 e. The summed E-state index contributed by atoms with van der Waals surface area (Å²) in [7, 11) is 0. The lowest BCUT2D eigenvalue weighted by Crippen LogP contribution is -2.24. The lowest BCUT2D eigenvalue weighted by molar-refractivity contribution is 0.329. The first-order valence-corrected chi connectivity index (χ1v) is 7.68. The predicted octanol–water partition coefficient (Wildman–Crippen LogP) is 3.41. The molecule has 1 fully saturated rings. The van der Waals surface area contributed by atoms with E-state index >= 15 is 0 Å². The molecular formula is C16H34N2. The predicted molar refractivity (Wildman–Crippen MR) is 80.6 cm³/mol. The number of hydrogen-bond donors (Lipinski definition) is 2. The van der Waals surface area contributed by atoms with Crippen LogP contribution in [0.1, 0.15) is 60.8 Å². The van der Waals surface area contributed by atoms with Crippen LogP contribution >= 0.6 is 0 Å². The van der Waals surface area contributed by atoms with Crippen molar-refractivity contribution in [2.24, 2.45) is 28.4 Å². The van der Waals surface area contributed by atoms with Crippen LogP contribution in [0.15, 0.2) is 0 Å². The molecule has 1 unspecified atom stereocenters. The van der Waals surface area contributed by atoms with E-state index in [0.717, 1.165) is 24.9 Å². The molecule has 0 aromatic heterocycles. The fourth-order valence-corrected chi connectivity index (χ4v) is 3.34. The quantitative estimate of drug-likeness (QED) is 0.651. The van der Waals surface area contributed by atoms with Crippen LogP contribution in [0.5, 0.6) is 0 Å². The van der Waals surface area contributed by atoms with Crippen LogP contribution in [0.3, 0.4) is 0 Å². The van der Waals surface area contributed by atoms with Crippen molar-refractivity contribution in [3.63, 3.8) is 0 Å². The number of rotatable bonds is 8. The van der Waals surface area contributed by atoms with Gasteiger partial charge in [0.15, 0.2) is 0 Å². The molecule has 0 aromatic rings. The topological polar surface area (TPSA) is 38.0 Å². The van der Waals surface area contributed by atoms with E-state index in [9.17, 15) is 0 Å². The molecule has 3 N–H and O–H groups in total. The van der Waals surface area contributed by atoms with Crippen LogP contribution in [-0.4, -0.2) is 19.1 Å². The van der Waals surface area contributed by atoms with Crippen LogP contribution in [0.4, 0.5) is 0 Å². The van der Waals surface area contributed by atoms with Gasteiger partial charge in [-0.2, -0.15) is 0 Å². The molecule has 0 spiro atoms. The standard InChI is InChI=1S/C16H34N2/c1-12(2)13(9-10-17)8-7-11-18-14-15(3,4)16(14,5)6/h12-14,18H,7-11,17H2,1-6H3. The third-order valence-corrected chi connectivity index (χ3v) is 5.60. The van der Waals surface area contributed by atoms with Crippen molar-refractivity contribution in [1.82, 2.24) is 5.32 Å². The lowest BCUT2D eigenvalue weighted by Gasteiger charge is -2.20. The molecule has 0 heterocycles. The van der Waals surface area contributed by atoms with Gasteiger partial charge >= 0.3 is 0 Å². The van der Waals surface area contributed by atoms with Gasteiger partial charge in [0.2, 0.25) is 0 Å². The largest absolute Gasteiger partial charge is 0.330 e. The van der Waals surface area contributed by atoms with Crippen LogP contribution in [0.2, 0.25) is 0 Å². The second-order valence-electron chi connectivity index (χ2n) is 7.55. The third-order valence-electron chi connectivity index (χ3n) is 5.60. The first-order chi connectivity index (χ1) is 8.25. The Balaban J connectivity index is 2.20. The van der Waals surface area contributed by atoms with Crippen LogP contribution in [-0.2, 0) is 0 Å². The van der Waals surface area contributed by atoms with E-state index in [1.54, 1.807) is 0 Å². The monoisotopic (exact) mass is 254 g/mol. The molecule has 2 nitrogen and oxygen atoms in total. The molecule has 0 saturated heterocycles. The van der Waals surface area contributed by atoms with Crippen molar-refractivity contribution in [2.75, 3.05) is 13.1 Å². The third kappa shape index (κ3) is 3.27. The minimum absolute atomic E-state index is 0.460. The van der Waals surface area contributed by atoms with E-state index in [2.05, 4.69) is 46.9 Å². The highest BCUT2D eigenvalue weighted by Crippen LogP contribution is 2.62. The highest BCUT2D eigenvalue weighted by atomic mass is 15.0. The van der Waals surface area contributed by atoms with Crippen molar-refractivity contribution < 1.29 is 0 Å². The molecule has 108 valence electrons. The summed E-state index contributed by atoms with van der Waals surface area (Å²) in [4.78, 5) is 0. The Bertz CT molecular complexity index is 242. The van der Waals surface area contributed by atoms with Crippen molar-refractivity contribution in [3.8, 4) is 0 Å². The van der Waals surface area contributed by atoms with Crippen LogP contribution in [0, 0.1) is 22.7 Å². The number of nitrogens with two attached hydrogens (primary N) is 1. The summed E-state index contributed by atoms with van der Waals surface area (Å²) in [6.07, 6.45) is 3.78. The maximum absolute atomic E-state index is 5.69. The maximum atomic E-state index is 5.69. The van der Waals surface area contributed by atoms with Gasteiger partial charge in [0, 0.05) is 6.04 Å². The fourth-order valence-electron chi connectivity index (χ4n) is 3.34. The first kappa shape index (κ1) is 16.0. The molecule has 1 aliphatic carbocycles. The summed E-state index contributed by atoms with van der Waals surface area (Å²) in [6, 6.07) is 0.692. The van der Waals surface area contributed by atoms with Gasteiger partial charge in [-0.15, -0.1) is 0 Å². The molecule has 1 rings (SSSR count). The summed E-state index contributed by atoms with van der Waals surface area (Å²) in [5, 5.41) is 3.74. The smallest absolute Gasteiger partial charge is 0.0181 e. The van der Waals surface area contributed by atoms with E-state index in [4.69, 9.17) is 5.73 Å². The van der Waals surface area contributed by atoms with Crippen LogP contribution < -0.4 is 11.1 Å². The average molecular weight is 254 g/mol. The summed E-state index contributed by atoms with van der Waals surface area (Å²) in [5.74, 6) is 1.57. The normalized spacial score (nSPS) is 23.3. The van der Waals surface area contributed by atoms with Gasteiger partial charge in [-0.25, -0.2) is 0 Å². The molecule has 18 heavy (non-hydrogen) atoms.